The molecule has 1 amide bonds. The Labute approximate surface area is 202 Å². The molecule has 1 N–H and O–H groups in total. The summed E-state index contributed by atoms with van der Waals surface area (Å²) in [7, 11) is -3.45. The highest BCUT2D eigenvalue weighted by Crippen LogP contribution is 2.22. The van der Waals surface area contributed by atoms with Crippen LogP contribution in [0.25, 0.3) is 0 Å². The molecule has 3 rings (SSSR count). The van der Waals surface area contributed by atoms with Crippen molar-refractivity contribution in [3.63, 3.8) is 0 Å². The number of thioether (sulfide) groups is 1. The number of carbonyl (C=O) groups excluding carboxylic acids is 1. The molecule has 0 unspecified atom stereocenters. The van der Waals surface area contributed by atoms with Crippen LogP contribution in [0, 0.1) is 6.92 Å². The van der Waals surface area contributed by atoms with Crippen LogP contribution in [-0.2, 0) is 16.6 Å². The lowest BCUT2D eigenvalue weighted by Crippen LogP contribution is -2.48. The fraction of sp³-hybridized carbons (Fsp3) is 0.480. The third-order valence-electron chi connectivity index (χ3n) is 5.54. The number of piperazine rings is 1. The summed E-state index contributed by atoms with van der Waals surface area (Å²) in [5.41, 5.74) is 2.82. The summed E-state index contributed by atoms with van der Waals surface area (Å²) in [5.74, 6) is 0.838. The fourth-order valence-corrected chi connectivity index (χ4v) is 5.87. The zero-order valence-corrected chi connectivity index (χ0v) is 21.6. The molecule has 180 valence electrons. The van der Waals surface area contributed by atoms with Crippen LogP contribution in [0.2, 0.25) is 0 Å². The van der Waals surface area contributed by atoms with Gasteiger partial charge in [-0.15, -0.1) is 0 Å². The summed E-state index contributed by atoms with van der Waals surface area (Å²) < 4.78 is 27.5. The van der Waals surface area contributed by atoms with Crippen molar-refractivity contribution >= 4 is 27.7 Å². The Hall–Kier alpha value is -1.87. The molecule has 0 atom stereocenters. The van der Waals surface area contributed by atoms with Crippen LogP contribution < -0.4 is 5.32 Å². The monoisotopic (exact) mass is 489 g/mol. The van der Waals surface area contributed by atoms with Crippen molar-refractivity contribution in [3.05, 3.63) is 65.2 Å². The summed E-state index contributed by atoms with van der Waals surface area (Å²) in [5, 5.41) is 2.98. The van der Waals surface area contributed by atoms with Crippen LogP contribution in [0.4, 0.5) is 0 Å². The van der Waals surface area contributed by atoms with E-state index in [1.54, 1.807) is 16.4 Å². The Kier molecular flexibility index (Phi) is 8.61. The maximum Gasteiger partial charge on any atom is 0.251 e. The predicted octanol–water partition coefficient (Wildman–Crippen LogP) is 3.76. The van der Waals surface area contributed by atoms with E-state index in [2.05, 4.69) is 31.0 Å². The van der Waals surface area contributed by atoms with Gasteiger partial charge < -0.3 is 5.32 Å². The Morgan fingerprint density at radius 1 is 0.970 bits per heavy atom. The zero-order chi connectivity index (χ0) is 24.1. The number of hydrogen-bond acceptors (Lipinski definition) is 5. The van der Waals surface area contributed by atoms with Crippen molar-refractivity contribution in [1.82, 2.24) is 14.5 Å². The van der Waals surface area contributed by atoms with Crippen molar-refractivity contribution < 1.29 is 13.2 Å². The maximum atomic E-state index is 12.9. The summed E-state index contributed by atoms with van der Waals surface area (Å²) in [6.07, 6.45) is 0. The number of hydrogen-bond donors (Lipinski definition) is 1. The van der Waals surface area contributed by atoms with Gasteiger partial charge in [-0.1, -0.05) is 50.6 Å². The van der Waals surface area contributed by atoms with Crippen LogP contribution in [0.15, 0.2) is 53.4 Å². The molecule has 8 heteroatoms. The molecule has 2 aromatic carbocycles. The van der Waals surface area contributed by atoms with Crippen molar-refractivity contribution in [1.29, 1.82) is 0 Å². The van der Waals surface area contributed by atoms with Crippen molar-refractivity contribution in [3.8, 4) is 0 Å². The molecular weight excluding hydrogens is 454 g/mol. The molecule has 1 aliphatic heterocycles. The molecule has 1 heterocycles. The van der Waals surface area contributed by atoms with Gasteiger partial charge in [0.1, 0.15) is 0 Å². The second kappa shape index (κ2) is 11.0. The molecule has 0 aliphatic carbocycles. The molecule has 1 saturated heterocycles. The summed E-state index contributed by atoms with van der Waals surface area (Å²) >= 11 is 1.83. The lowest BCUT2D eigenvalue weighted by molar-refractivity contribution is 0.0956. The first-order chi connectivity index (χ1) is 15.5. The summed E-state index contributed by atoms with van der Waals surface area (Å²) in [6, 6.07) is 14.7. The number of amides is 1. The largest absolute Gasteiger partial charge is 0.351 e. The van der Waals surface area contributed by atoms with Gasteiger partial charge in [0.05, 0.1) is 4.90 Å². The highest BCUT2D eigenvalue weighted by Gasteiger charge is 2.28. The normalized spacial score (nSPS) is 16.0. The first-order valence-corrected chi connectivity index (χ1v) is 13.8. The van der Waals surface area contributed by atoms with Crippen molar-refractivity contribution in [2.45, 2.75) is 43.9 Å². The summed E-state index contributed by atoms with van der Waals surface area (Å²) in [6.45, 7) is 12.1. The lowest BCUT2D eigenvalue weighted by Gasteiger charge is -2.34. The van der Waals surface area contributed by atoms with Crippen LogP contribution in [0.5, 0.6) is 0 Å². The number of aryl methyl sites for hydroxylation is 1. The van der Waals surface area contributed by atoms with Gasteiger partial charge in [0, 0.05) is 55.3 Å². The van der Waals surface area contributed by atoms with E-state index in [4.69, 9.17) is 0 Å². The minimum Gasteiger partial charge on any atom is -0.351 e. The van der Waals surface area contributed by atoms with Gasteiger partial charge >= 0.3 is 0 Å². The number of benzene rings is 2. The SMILES string of the molecule is Cc1ccc(S(=O)(=O)N2CCN(Cc3ccc(C(=O)NCCSC(C)(C)C)cc3)CC2)cc1. The van der Waals surface area contributed by atoms with Crippen molar-refractivity contribution in [2.24, 2.45) is 0 Å². The van der Waals surface area contributed by atoms with E-state index in [-0.39, 0.29) is 10.7 Å². The molecule has 0 saturated carbocycles. The van der Waals surface area contributed by atoms with Gasteiger partial charge in [-0.3, -0.25) is 9.69 Å². The Morgan fingerprint density at radius 2 is 1.58 bits per heavy atom. The molecule has 1 aliphatic rings. The second-order valence-electron chi connectivity index (χ2n) is 9.41. The predicted molar refractivity (Wildman–Crippen MR) is 136 cm³/mol. The number of nitrogens with one attached hydrogen (secondary N) is 1. The quantitative estimate of drug-likeness (QED) is 0.572. The van der Waals surface area contributed by atoms with Gasteiger partial charge in [0.25, 0.3) is 5.91 Å². The smallest absolute Gasteiger partial charge is 0.251 e. The molecule has 0 bridgehead atoms. The number of sulfonamides is 1. The molecule has 0 aromatic heterocycles. The minimum atomic E-state index is -3.45. The van der Waals surface area contributed by atoms with Gasteiger partial charge in [-0.2, -0.15) is 16.1 Å². The minimum absolute atomic E-state index is 0.0500. The number of rotatable bonds is 8. The molecule has 2 aromatic rings. The fourth-order valence-electron chi connectivity index (χ4n) is 3.63. The molecule has 6 nitrogen and oxygen atoms in total. The first kappa shape index (κ1) is 25.7. The highest BCUT2D eigenvalue weighted by atomic mass is 32.2. The average molecular weight is 490 g/mol. The number of nitrogens with zero attached hydrogens (tertiary/aromatic N) is 2. The highest BCUT2D eigenvalue weighted by molar-refractivity contribution is 8.00. The van der Waals surface area contributed by atoms with E-state index in [0.29, 0.717) is 43.2 Å². The van der Waals surface area contributed by atoms with Crippen molar-refractivity contribution in [2.75, 3.05) is 38.5 Å². The molecule has 33 heavy (non-hydrogen) atoms. The van der Waals surface area contributed by atoms with Gasteiger partial charge in [-0.05, 0) is 36.8 Å². The van der Waals surface area contributed by atoms with E-state index < -0.39 is 10.0 Å². The molecular formula is C25H35N3O3S2. The van der Waals surface area contributed by atoms with Gasteiger partial charge in [0.15, 0.2) is 0 Å². The Balaban J connectivity index is 1.47. The van der Waals surface area contributed by atoms with E-state index in [9.17, 15) is 13.2 Å². The van der Waals surface area contributed by atoms with Gasteiger partial charge in [-0.25, -0.2) is 8.42 Å². The molecule has 0 spiro atoms. The van der Waals surface area contributed by atoms with E-state index in [0.717, 1.165) is 23.4 Å². The second-order valence-corrected chi connectivity index (χ2v) is 13.3. The zero-order valence-electron chi connectivity index (χ0n) is 20.0. The third-order valence-corrected chi connectivity index (χ3v) is 8.72. The first-order valence-electron chi connectivity index (χ1n) is 11.3. The average Bonchev–Trinajstić information content (AvgIpc) is 2.77. The molecule has 0 radical (unpaired) electrons. The Bertz CT molecular complexity index is 1020. The topological polar surface area (TPSA) is 69.7 Å². The third kappa shape index (κ3) is 7.57. The molecule has 1 fully saturated rings. The van der Waals surface area contributed by atoms with Crippen LogP contribution in [0.3, 0.4) is 0 Å². The van der Waals surface area contributed by atoms with E-state index >= 15 is 0 Å². The van der Waals surface area contributed by atoms with E-state index in [1.165, 1.54) is 0 Å². The summed E-state index contributed by atoms with van der Waals surface area (Å²) in [4.78, 5) is 14.9. The Morgan fingerprint density at radius 3 is 2.15 bits per heavy atom. The maximum absolute atomic E-state index is 12.9. The van der Waals surface area contributed by atoms with Crippen LogP contribution >= 0.6 is 11.8 Å². The lowest BCUT2D eigenvalue weighted by atomic mass is 10.1. The van der Waals surface area contributed by atoms with Gasteiger partial charge in [0.2, 0.25) is 10.0 Å². The number of carbonyl (C=O) groups is 1. The van der Waals surface area contributed by atoms with Crippen LogP contribution in [0.1, 0.15) is 42.3 Å². The van der Waals surface area contributed by atoms with E-state index in [1.807, 2.05) is 55.1 Å². The standard InChI is InChI=1S/C25H35N3O3S2/c1-20-5-11-23(12-6-20)33(30,31)28-16-14-27(15-17-28)19-21-7-9-22(10-8-21)24(29)26-13-18-32-25(2,3)4/h5-12H,13-19H2,1-4H3,(H,26,29). The van der Waals surface area contributed by atoms with Crippen LogP contribution in [-0.4, -0.2) is 66.8 Å².